The molecule has 0 bridgehead atoms. The average Bonchev–Trinajstić information content (AvgIpc) is 2.79. The molecule has 7 heteroatoms. The van der Waals surface area contributed by atoms with Gasteiger partial charge in [-0.1, -0.05) is 12.1 Å². The van der Waals surface area contributed by atoms with E-state index in [-0.39, 0.29) is 11.6 Å². The highest BCUT2D eigenvalue weighted by molar-refractivity contribution is 14.1. The third-order valence-corrected chi connectivity index (χ3v) is 3.51. The van der Waals surface area contributed by atoms with Crippen molar-refractivity contribution < 1.29 is 14.3 Å². The van der Waals surface area contributed by atoms with E-state index in [1.807, 2.05) is 12.1 Å². The second-order valence-electron chi connectivity index (χ2n) is 3.99. The summed E-state index contributed by atoms with van der Waals surface area (Å²) >= 11 is 2.08. The number of esters is 1. The molecule has 0 spiro atoms. The fraction of sp³-hybridized carbons (Fsp3) is 0.154. The summed E-state index contributed by atoms with van der Waals surface area (Å²) in [5.74, 6) is -0.892. The van der Waals surface area contributed by atoms with Crippen LogP contribution in [0.5, 0.6) is 0 Å². The molecule has 0 radical (unpaired) electrons. The maximum absolute atomic E-state index is 12.2. The van der Waals surface area contributed by atoms with Crippen molar-refractivity contribution in [1.29, 1.82) is 0 Å². The molecule has 0 unspecified atom stereocenters. The number of hydrogen-bond acceptors (Lipinski definition) is 4. The largest absolute Gasteiger partial charge is 0.464 e. The number of hydrogen-bond donors (Lipinski definition) is 1. The van der Waals surface area contributed by atoms with Crippen molar-refractivity contribution in [1.82, 2.24) is 9.78 Å². The molecule has 2 aromatic rings. The Labute approximate surface area is 129 Å². The van der Waals surface area contributed by atoms with Gasteiger partial charge in [-0.05, 0) is 34.7 Å². The monoisotopic (exact) mass is 385 g/mol. The molecule has 1 N–H and O–H groups in total. The van der Waals surface area contributed by atoms with E-state index in [1.54, 1.807) is 25.4 Å². The molecule has 1 aromatic heterocycles. The van der Waals surface area contributed by atoms with E-state index in [1.165, 1.54) is 11.8 Å². The molecule has 1 amide bonds. The molecule has 0 aliphatic heterocycles. The van der Waals surface area contributed by atoms with E-state index in [4.69, 9.17) is 0 Å². The molecule has 0 fully saturated rings. The molecular weight excluding hydrogens is 373 g/mol. The number of rotatable bonds is 3. The lowest BCUT2D eigenvalue weighted by molar-refractivity contribution is 0.0594. The summed E-state index contributed by atoms with van der Waals surface area (Å²) in [6.07, 6.45) is 1.56. The summed E-state index contributed by atoms with van der Waals surface area (Å²) in [6.45, 7) is 0. The molecule has 104 valence electrons. The lowest BCUT2D eigenvalue weighted by Gasteiger charge is -2.06. The first-order valence-electron chi connectivity index (χ1n) is 5.70. The van der Waals surface area contributed by atoms with Gasteiger partial charge in [0.1, 0.15) is 0 Å². The van der Waals surface area contributed by atoms with Crippen molar-refractivity contribution in [2.75, 3.05) is 12.4 Å². The van der Waals surface area contributed by atoms with Crippen molar-refractivity contribution >= 4 is 40.2 Å². The minimum Gasteiger partial charge on any atom is -0.464 e. The van der Waals surface area contributed by atoms with Crippen LogP contribution in [0.25, 0.3) is 0 Å². The predicted octanol–water partition coefficient (Wildman–Crippen LogP) is 2.06. The Morgan fingerprint density at radius 1 is 1.35 bits per heavy atom. The summed E-state index contributed by atoms with van der Waals surface area (Å²) < 4.78 is 6.90. The SMILES string of the molecule is COC(=O)c1nn(C)cc1NC(=O)c1ccccc1I. The summed E-state index contributed by atoms with van der Waals surface area (Å²) in [5.41, 5.74) is 0.936. The molecule has 0 aliphatic carbocycles. The molecule has 0 aliphatic rings. The summed E-state index contributed by atoms with van der Waals surface area (Å²) in [5, 5.41) is 6.65. The number of carbonyl (C=O) groups excluding carboxylic acids is 2. The van der Waals surface area contributed by atoms with Gasteiger partial charge in [0.05, 0.1) is 18.4 Å². The van der Waals surface area contributed by atoms with Crippen molar-refractivity contribution in [3.8, 4) is 0 Å². The maximum Gasteiger partial charge on any atom is 0.360 e. The van der Waals surface area contributed by atoms with Gasteiger partial charge in [0.25, 0.3) is 5.91 Å². The third kappa shape index (κ3) is 2.98. The molecule has 20 heavy (non-hydrogen) atoms. The van der Waals surface area contributed by atoms with E-state index in [9.17, 15) is 9.59 Å². The van der Waals surface area contributed by atoms with E-state index in [2.05, 4.69) is 37.7 Å². The van der Waals surface area contributed by atoms with Crippen LogP contribution >= 0.6 is 22.6 Å². The maximum atomic E-state index is 12.2. The minimum atomic E-state index is -0.594. The second-order valence-corrected chi connectivity index (χ2v) is 5.15. The number of methoxy groups -OCH3 is 1. The number of carbonyl (C=O) groups is 2. The highest BCUT2D eigenvalue weighted by Crippen LogP contribution is 2.18. The number of aromatic nitrogens is 2. The van der Waals surface area contributed by atoms with E-state index in [0.717, 1.165) is 3.57 Å². The van der Waals surface area contributed by atoms with Crippen molar-refractivity contribution in [3.63, 3.8) is 0 Å². The smallest absolute Gasteiger partial charge is 0.360 e. The van der Waals surface area contributed by atoms with Crippen LogP contribution in [0.15, 0.2) is 30.5 Å². The van der Waals surface area contributed by atoms with E-state index < -0.39 is 5.97 Å². The van der Waals surface area contributed by atoms with Crippen molar-refractivity contribution in [2.45, 2.75) is 0 Å². The van der Waals surface area contributed by atoms with Crippen LogP contribution in [0.2, 0.25) is 0 Å². The van der Waals surface area contributed by atoms with Gasteiger partial charge in [-0.25, -0.2) is 4.79 Å². The quantitative estimate of drug-likeness (QED) is 0.649. The molecule has 2 rings (SSSR count). The number of anilines is 1. The first-order chi connectivity index (χ1) is 9.52. The average molecular weight is 385 g/mol. The van der Waals surface area contributed by atoms with Gasteiger partial charge < -0.3 is 10.1 Å². The van der Waals surface area contributed by atoms with Crippen LogP contribution in [-0.2, 0) is 11.8 Å². The molecule has 0 atom stereocenters. The Kier molecular flexibility index (Phi) is 4.38. The number of amides is 1. The van der Waals surface area contributed by atoms with Gasteiger partial charge in [0.15, 0.2) is 5.69 Å². The normalized spacial score (nSPS) is 10.2. The number of nitrogens with zero attached hydrogens (tertiary/aromatic N) is 2. The lowest BCUT2D eigenvalue weighted by Crippen LogP contribution is -2.15. The Balaban J connectivity index is 2.29. The second kappa shape index (κ2) is 6.04. The van der Waals surface area contributed by atoms with Gasteiger partial charge in [-0.15, -0.1) is 0 Å². The van der Waals surface area contributed by atoms with Gasteiger partial charge in [-0.2, -0.15) is 5.10 Å². The summed E-state index contributed by atoms with van der Waals surface area (Å²) in [4.78, 5) is 23.8. The topological polar surface area (TPSA) is 73.2 Å². The third-order valence-electron chi connectivity index (χ3n) is 2.57. The van der Waals surface area contributed by atoms with Gasteiger partial charge in [-0.3, -0.25) is 9.48 Å². The zero-order valence-electron chi connectivity index (χ0n) is 10.9. The predicted molar refractivity (Wildman–Crippen MR) is 81.7 cm³/mol. The van der Waals surface area contributed by atoms with Crippen LogP contribution < -0.4 is 5.32 Å². The first kappa shape index (κ1) is 14.5. The summed E-state index contributed by atoms with van der Waals surface area (Å²) in [7, 11) is 2.93. The highest BCUT2D eigenvalue weighted by Gasteiger charge is 2.19. The number of nitrogens with one attached hydrogen (secondary N) is 1. The molecule has 1 heterocycles. The fourth-order valence-corrected chi connectivity index (χ4v) is 2.29. The summed E-state index contributed by atoms with van der Waals surface area (Å²) in [6, 6.07) is 7.18. The Morgan fingerprint density at radius 2 is 2.05 bits per heavy atom. The zero-order chi connectivity index (χ0) is 14.7. The molecule has 6 nitrogen and oxygen atoms in total. The number of halogens is 1. The molecule has 0 saturated heterocycles. The van der Waals surface area contributed by atoms with Crippen molar-refractivity contribution in [3.05, 3.63) is 45.3 Å². The van der Waals surface area contributed by atoms with Crippen LogP contribution in [0.4, 0.5) is 5.69 Å². The molecular formula is C13H12IN3O3. The van der Waals surface area contributed by atoms with Crippen molar-refractivity contribution in [2.24, 2.45) is 7.05 Å². The Bertz CT molecular complexity index is 667. The van der Waals surface area contributed by atoms with Gasteiger partial charge in [0, 0.05) is 16.8 Å². The van der Waals surface area contributed by atoms with Gasteiger partial charge >= 0.3 is 5.97 Å². The number of aryl methyl sites for hydroxylation is 1. The fourth-order valence-electron chi connectivity index (χ4n) is 1.66. The van der Waals surface area contributed by atoms with E-state index in [0.29, 0.717) is 11.3 Å². The van der Waals surface area contributed by atoms with Crippen LogP contribution in [0, 0.1) is 3.57 Å². The lowest BCUT2D eigenvalue weighted by atomic mass is 10.2. The number of benzene rings is 1. The standard InChI is InChI=1S/C13H12IN3O3/c1-17-7-10(11(16-17)13(19)20-2)15-12(18)8-5-3-4-6-9(8)14/h3-7H,1-2H3,(H,15,18). The zero-order valence-corrected chi connectivity index (χ0v) is 13.0. The Hall–Kier alpha value is -1.90. The molecule has 1 aromatic carbocycles. The number of ether oxygens (including phenoxy) is 1. The Morgan fingerprint density at radius 3 is 2.70 bits per heavy atom. The van der Waals surface area contributed by atoms with E-state index >= 15 is 0 Å². The molecule has 0 saturated carbocycles. The highest BCUT2D eigenvalue weighted by atomic mass is 127. The van der Waals surface area contributed by atoms with Gasteiger partial charge in [0.2, 0.25) is 0 Å². The van der Waals surface area contributed by atoms with Crippen LogP contribution in [0.1, 0.15) is 20.8 Å². The van der Waals surface area contributed by atoms with Crippen LogP contribution in [-0.4, -0.2) is 28.8 Å². The minimum absolute atomic E-state index is 0.0780. The first-order valence-corrected chi connectivity index (χ1v) is 6.78. The van der Waals surface area contributed by atoms with Crippen LogP contribution in [0.3, 0.4) is 0 Å².